The highest BCUT2D eigenvalue weighted by molar-refractivity contribution is 5.60. The van der Waals surface area contributed by atoms with Crippen LogP contribution in [0.2, 0.25) is 0 Å². The molecule has 0 bridgehead atoms. The van der Waals surface area contributed by atoms with Gasteiger partial charge in [0, 0.05) is 11.8 Å². The topological polar surface area (TPSA) is 61.0 Å². The molecule has 4 nitrogen and oxygen atoms in total. The summed E-state index contributed by atoms with van der Waals surface area (Å²) in [6.45, 7) is 1.17. The molecule has 0 spiro atoms. The zero-order valence-corrected chi connectivity index (χ0v) is 14.4. The van der Waals surface area contributed by atoms with Crippen molar-refractivity contribution in [3.05, 3.63) is 41.9 Å². The third-order valence-corrected chi connectivity index (χ3v) is 4.63. The smallest absolute Gasteiger partial charge is 0.284 e. The zero-order chi connectivity index (χ0) is 19.8. The maximum atomic E-state index is 14.2. The zero-order valence-electron chi connectivity index (χ0n) is 14.4. The van der Waals surface area contributed by atoms with Gasteiger partial charge in [-0.3, -0.25) is 4.98 Å². The number of rotatable bonds is 7. The Balaban J connectivity index is 1.86. The van der Waals surface area contributed by atoms with Gasteiger partial charge in [-0.05, 0) is 44.0 Å². The summed E-state index contributed by atoms with van der Waals surface area (Å²) < 4.78 is 71.9. The van der Waals surface area contributed by atoms with E-state index in [1.165, 1.54) is 25.1 Å². The average Bonchev–Trinajstić information content (AvgIpc) is 3.39. The van der Waals surface area contributed by atoms with Gasteiger partial charge in [-0.2, -0.15) is 0 Å². The van der Waals surface area contributed by atoms with E-state index in [9.17, 15) is 22.0 Å². The fourth-order valence-electron chi connectivity index (χ4n) is 2.67. The van der Waals surface area contributed by atoms with E-state index in [-0.39, 0.29) is 23.6 Å². The second kappa shape index (κ2) is 7.03. The van der Waals surface area contributed by atoms with E-state index in [4.69, 9.17) is 10.5 Å². The lowest BCUT2D eigenvalue weighted by Crippen LogP contribution is -2.52. The molecule has 2 N–H and O–H groups in total. The van der Waals surface area contributed by atoms with Crippen LogP contribution in [0.5, 0.6) is 5.75 Å². The summed E-state index contributed by atoms with van der Waals surface area (Å²) in [6.07, 6.45) is -4.00. The number of nitrogens with zero attached hydrogens (tertiary/aromatic N) is 2. The molecule has 1 aliphatic carbocycles. The molecule has 1 unspecified atom stereocenters. The van der Waals surface area contributed by atoms with Crippen molar-refractivity contribution in [3.8, 4) is 17.0 Å². The lowest BCUT2D eigenvalue weighted by Gasteiger charge is -2.28. The second-order valence-electron chi connectivity index (χ2n) is 6.82. The van der Waals surface area contributed by atoms with Crippen molar-refractivity contribution in [2.24, 2.45) is 5.73 Å². The van der Waals surface area contributed by atoms with Gasteiger partial charge in [0.25, 0.3) is 12.9 Å². The van der Waals surface area contributed by atoms with Crippen LogP contribution in [-0.4, -0.2) is 27.8 Å². The Bertz CT molecular complexity index is 824. The third kappa shape index (κ3) is 4.02. The number of ether oxygens (including phenoxy) is 1. The van der Waals surface area contributed by atoms with Gasteiger partial charge in [-0.1, -0.05) is 0 Å². The van der Waals surface area contributed by atoms with Crippen LogP contribution in [0.1, 0.15) is 44.0 Å². The van der Waals surface area contributed by atoms with Gasteiger partial charge in [0.2, 0.25) is 0 Å². The molecule has 1 aliphatic rings. The van der Waals surface area contributed by atoms with Crippen LogP contribution in [0, 0.1) is 0 Å². The molecular weight excluding hydrogens is 369 g/mol. The van der Waals surface area contributed by atoms with Crippen LogP contribution in [0.15, 0.2) is 30.5 Å². The van der Waals surface area contributed by atoms with Gasteiger partial charge in [0.05, 0.1) is 11.2 Å². The van der Waals surface area contributed by atoms with E-state index in [0.29, 0.717) is 12.8 Å². The maximum absolute atomic E-state index is 14.2. The molecule has 2 heterocycles. The van der Waals surface area contributed by atoms with Crippen LogP contribution < -0.4 is 10.5 Å². The first-order chi connectivity index (χ1) is 12.6. The standard InChI is InChI=1S/C18H18F5N3O/c1-17(24,18(23)5-6-18)9-27-13-3-2-11(26-14(13)16(21)22)10-4-7-25-12(8-10)15(19)20/h2-4,7-8,15-16H,5-6,9,24H2,1H3. The number of hydrogen-bond acceptors (Lipinski definition) is 4. The molecular formula is C18H18F5N3O. The van der Waals surface area contributed by atoms with Crippen molar-refractivity contribution in [3.63, 3.8) is 0 Å². The van der Waals surface area contributed by atoms with E-state index in [1.54, 1.807) is 0 Å². The summed E-state index contributed by atoms with van der Waals surface area (Å²) >= 11 is 0. The van der Waals surface area contributed by atoms with Gasteiger partial charge in [-0.15, -0.1) is 0 Å². The molecule has 9 heteroatoms. The van der Waals surface area contributed by atoms with Gasteiger partial charge in [0.15, 0.2) is 0 Å². The minimum absolute atomic E-state index is 0.0709. The number of nitrogens with two attached hydrogens (primary N) is 1. The van der Waals surface area contributed by atoms with Crippen LogP contribution in [0.4, 0.5) is 22.0 Å². The van der Waals surface area contributed by atoms with Crippen LogP contribution >= 0.6 is 0 Å². The summed E-state index contributed by atoms with van der Waals surface area (Å²) in [4.78, 5) is 7.36. The van der Waals surface area contributed by atoms with Crippen molar-refractivity contribution < 1.29 is 26.7 Å². The molecule has 0 saturated heterocycles. The van der Waals surface area contributed by atoms with Crippen LogP contribution in [0.25, 0.3) is 11.3 Å². The molecule has 0 aromatic carbocycles. The van der Waals surface area contributed by atoms with E-state index in [2.05, 4.69) is 9.97 Å². The summed E-state index contributed by atoms with van der Waals surface area (Å²) in [7, 11) is 0. The van der Waals surface area contributed by atoms with Crippen molar-refractivity contribution in [2.45, 2.75) is 43.8 Å². The van der Waals surface area contributed by atoms with E-state index < -0.39 is 35.4 Å². The number of alkyl halides is 5. The molecule has 0 radical (unpaired) electrons. The summed E-state index contributed by atoms with van der Waals surface area (Å²) in [6, 6.07) is 5.09. The second-order valence-corrected chi connectivity index (χ2v) is 6.82. The number of pyridine rings is 2. The van der Waals surface area contributed by atoms with Gasteiger partial charge in [-0.25, -0.2) is 26.9 Å². The molecule has 0 amide bonds. The Morgan fingerprint density at radius 2 is 1.89 bits per heavy atom. The highest BCUT2D eigenvalue weighted by Gasteiger charge is 2.56. The summed E-state index contributed by atoms with van der Waals surface area (Å²) in [5.41, 5.74) is 2.18. The minimum atomic E-state index is -2.97. The number of hydrogen-bond donors (Lipinski definition) is 1. The summed E-state index contributed by atoms with van der Waals surface area (Å²) in [5.74, 6) is -0.224. The fraction of sp³-hybridized carbons (Fsp3) is 0.444. The van der Waals surface area contributed by atoms with Crippen LogP contribution in [0.3, 0.4) is 0 Å². The molecule has 3 rings (SSSR count). The minimum Gasteiger partial charge on any atom is -0.489 e. The molecule has 2 aromatic rings. The molecule has 0 aliphatic heterocycles. The van der Waals surface area contributed by atoms with Crippen LogP contribution in [-0.2, 0) is 0 Å². The van der Waals surface area contributed by atoms with Crippen molar-refractivity contribution in [2.75, 3.05) is 6.61 Å². The van der Waals surface area contributed by atoms with Crippen molar-refractivity contribution in [1.29, 1.82) is 0 Å². The Kier molecular flexibility index (Phi) is 5.07. The summed E-state index contributed by atoms with van der Waals surface area (Å²) in [5, 5.41) is 0. The fourth-order valence-corrected chi connectivity index (χ4v) is 2.67. The monoisotopic (exact) mass is 387 g/mol. The molecule has 27 heavy (non-hydrogen) atoms. The van der Waals surface area contributed by atoms with E-state index in [0.717, 1.165) is 12.3 Å². The Hall–Kier alpha value is -2.29. The predicted molar refractivity (Wildman–Crippen MR) is 88.5 cm³/mol. The Morgan fingerprint density at radius 3 is 2.48 bits per heavy atom. The lowest BCUT2D eigenvalue weighted by molar-refractivity contribution is 0.106. The molecule has 1 saturated carbocycles. The molecule has 2 aromatic heterocycles. The van der Waals surface area contributed by atoms with Crippen molar-refractivity contribution >= 4 is 0 Å². The van der Waals surface area contributed by atoms with E-state index >= 15 is 0 Å². The predicted octanol–water partition coefficient (Wildman–Crippen LogP) is 4.62. The Morgan fingerprint density at radius 1 is 1.19 bits per heavy atom. The molecule has 146 valence electrons. The molecule has 1 fully saturated rings. The average molecular weight is 387 g/mol. The maximum Gasteiger partial charge on any atom is 0.284 e. The highest BCUT2D eigenvalue weighted by atomic mass is 19.3. The first kappa shape index (κ1) is 19.5. The largest absolute Gasteiger partial charge is 0.489 e. The Labute approximate surface area is 152 Å². The number of halogens is 5. The molecule has 1 atom stereocenters. The first-order valence-corrected chi connectivity index (χ1v) is 8.27. The van der Waals surface area contributed by atoms with Crippen molar-refractivity contribution in [1.82, 2.24) is 9.97 Å². The van der Waals surface area contributed by atoms with Gasteiger partial charge in [0.1, 0.15) is 29.4 Å². The third-order valence-electron chi connectivity index (χ3n) is 4.63. The number of aromatic nitrogens is 2. The van der Waals surface area contributed by atoms with E-state index in [1.807, 2.05) is 0 Å². The SMILES string of the molecule is CC(N)(COc1ccc(-c2ccnc(C(F)F)c2)nc1C(F)F)C1(F)CC1. The van der Waals surface area contributed by atoms with Gasteiger partial charge < -0.3 is 10.5 Å². The highest BCUT2D eigenvalue weighted by Crippen LogP contribution is 2.47. The lowest BCUT2D eigenvalue weighted by atomic mass is 9.96. The normalized spacial score (nSPS) is 17.8. The first-order valence-electron chi connectivity index (χ1n) is 8.27. The quantitative estimate of drug-likeness (QED) is 0.705. The van der Waals surface area contributed by atoms with Gasteiger partial charge >= 0.3 is 0 Å².